The molecule has 4 rings (SSSR count). The Morgan fingerprint density at radius 1 is 1.18 bits per heavy atom. The number of carboxylic acid groups (broad SMARTS) is 1. The standard InChI is InChI=1S/C20H24N2O6/c1-13(23)22-11-20(10-15(22)19(25)26)4-6-21(7-5-20)18(24)9-14-2-3-16-17(8-14)28-12-27-16/h2-3,8,15H,4-7,9-12H2,1H3,(H,25,26). The van der Waals surface area contributed by atoms with Crippen LogP contribution in [0.2, 0.25) is 0 Å². The number of piperidine rings is 1. The van der Waals surface area contributed by atoms with Crippen molar-refractivity contribution < 1.29 is 29.0 Å². The number of nitrogens with zero attached hydrogens (tertiary/aromatic N) is 2. The third-order valence-corrected chi connectivity index (χ3v) is 6.17. The lowest BCUT2D eigenvalue weighted by Gasteiger charge is -2.39. The smallest absolute Gasteiger partial charge is 0.326 e. The largest absolute Gasteiger partial charge is 0.480 e. The summed E-state index contributed by atoms with van der Waals surface area (Å²) >= 11 is 0. The molecule has 1 unspecified atom stereocenters. The Bertz CT molecular complexity index is 791. The monoisotopic (exact) mass is 388 g/mol. The number of carboxylic acids is 1. The first-order valence-electron chi connectivity index (χ1n) is 9.53. The molecule has 1 atom stereocenters. The SMILES string of the molecule is CC(=O)N1CC2(CCN(C(=O)Cc3ccc4c(c3)OCO4)CC2)CC1C(=O)O. The minimum absolute atomic E-state index is 0.0462. The summed E-state index contributed by atoms with van der Waals surface area (Å²) in [7, 11) is 0. The number of fused-ring (bicyclic) bond motifs is 1. The number of hydrogen-bond acceptors (Lipinski definition) is 5. The third kappa shape index (κ3) is 3.39. The van der Waals surface area contributed by atoms with E-state index in [0.29, 0.717) is 56.8 Å². The topological polar surface area (TPSA) is 96.4 Å². The van der Waals surface area contributed by atoms with E-state index >= 15 is 0 Å². The number of carbonyl (C=O) groups excluding carboxylic acids is 2. The van der Waals surface area contributed by atoms with Crippen LogP contribution in [-0.4, -0.2) is 65.2 Å². The summed E-state index contributed by atoms with van der Waals surface area (Å²) in [5.41, 5.74) is 0.675. The van der Waals surface area contributed by atoms with Crippen LogP contribution >= 0.6 is 0 Å². The Morgan fingerprint density at radius 3 is 2.54 bits per heavy atom. The molecule has 150 valence electrons. The fraction of sp³-hybridized carbons (Fsp3) is 0.550. The van der Waals surface area contributed by atoms with Gasteiger partial charge in [-0.3, -0.25) is 9.59 Å². The van der Waals surface area contributed by atoms with Gasteiger partial charge in [-0.2, -0.15) is 0 Å². The molecule has 3 aliphatic heterocycles. The quantitative estimate of drug-likeness (QED) is 0.838. The Balaban J connectivity index is 1.37. The van der Waals surface area contributed by atoms with E-state index in [1.54, 1.807) is 0 Å². The maximum absolute atomic E-state index is 12.7. The van der Waals surface area contributed by atoms with Crippen LogP contribution in [0.1, 0.15) is 31.7 Å². The van der Waals surface area contributed by atoms with E-state index in [-0.39, 0.29) is 24.0 Å². The van der Waals surface area contributed by atoms with Gasteiger partial charge in [-0.25, -0.2) is 4.79 Å². The second-order valence-corrected chi connectivity index (χ2v) is 7.95. The van der Waals surface area contributed by atoms with Gasteiger partial charge in [-0.05, 0) is 42.4 Å². The van der Waals surface area contributed by atoms with Crippen LogP contribution in [0, 0.1) is 5.41 Å². The molecule has 2 saturated heterocycles. The molecule has 8 nitrogen and oxygen atoms in total. The lowest BCUT2D eigenvalue weighted by molar-refractivity contribution is -0.147. The molecule has 0 saturated carbocycles. The first-order chi connectivity index (χ1) is 13.4. The Labute approximate surface area is 163 Å². The number of likely N-dealkylation sites (tertiary alicyclic amines) is 2. The summed E-state index contributed by atoms with van der Waals surface area (Å²) in [6.07, 6.45) is 2.19. The van der Waals surface area contributed by atoms with Gasteiger partial charge in [0.05, 0.1) is 6.42 Å². The zero-order valence-electron chi connectivity index (χ0n) is 15.8. The van der Waals surface area contributed by atoms with E-state index in [4.69, 9.17) is 9.47 Å². The number of rotatable bonds is 3. The molecular weight excluding hydrogens is 364 g/mol. The zero-order chi connectivity index (χ0) is 19.9. The van der Waals surface area contributed by atoms with Crippen molar-refractivity contribution in [3.63, 3.8) is 0 Å². The van der Waals surface area contributed by atoms with Crippen molar-refractivity contribution in [3.8, 4) is 11.5 Å². The molecule has 1 spiro atoms. The predicted octanol–water partition coefficient (Wildman–Crippen LogP) is 1.27. The number of hydrogen-bond donors (Lipinski definition) is 1. The van der Waals surface area contributed by atoms with Crippen LogP contribution in [0.15, 0.2) is 18.2 Å². The van der Waals surface area contributed by atoms with Crippen LogP contribution in [-0.2, 0) is 20.8 Å². The van der Waals surface area contributed by atoms with Gasteiger partial charge in [-0.1, -0.05) is 6.07 Å². The molecule has 8 heteroatoms. The van der Waals surface area contributed by atoms with Gasteiger partial charge < -0.3 is 24.4 Å². The first kappa shape index (κ1) is 18.6. The highest BCUT2D eigenvalue weighted by atomic mass is 16.7. The number of ether oxygens (including phenoxy) is 2. The van der Waals surface area contributed by atoms with Gasteiger partial charge in [0.2, 0.25) is 18.6 Å². The molecule has 2 fully saturated rings. The van der Waals surface area contributed by atoms with Crippen LogP contribution in [0.25, 0.3) is 0 Å². The zero-order valence-corrected chi connectivity index (χ0v) is 15.8. The van der Waals surface area contributed by atoms with E-state index in [1.807, 2.05) is 23.1 Å². The molecular formula is C20H24N2O6. The highest BCUT2D eigenvalue weighted by Crippen LogP contribution is 2.43. The van der Waals surface area contributed by atoms with Crippen molar-refractivity contribution in [2.24, 2.45) is 5.41 Å². The second kappa shape index (κ2) is 7.00. The van der Waals surface area contributed by atoms with Crippen LogP contribution in [0.4, 0.5) is 0 Å². The summed E-state index contributed by atoms with van der Waals surface area (Å²) in [5.74, 6) is 0.252. The van der Waals surface area contributed by atoms with Crippen molar-refractivity contribution in [3.05, 3.63) is 23.8 Å². The lowest BCUT2D eigenvalue weighted by Crippen LogP contribution is -2.45. The van der Waals surface area contributed by atoms with Crippen molar-refractivity contribution >= 4 is 17.8 Å². The number of aliphatic carboxylic acids is 1. The van der Waals surface area contributed by atoms with Crippen molar-refractivity contribution in [2.75, 3.05) is 26.4 Å². The molecule has 3 heterocycles. The van der Waals surface area contributed by atoms with Gasteiger partial charge >= 0.3 is 5.97 Å². The van der Waals surface area contributed by atoms with Crippen LogP contribution in [0.5, 0.6) is 11.5 Å². The van der Waals surface area contributed by atoms with Crippen molar-refractivity contribution in [1.29, 1.82) is 0 Å². The van der Waals surface area contributed by atoms with Crippen molar-refractivity contribution in [1.82, 2.24) is 9.80 Å². The molecule has 28 heavy (non-hydrogen) atoms. The molecule has 1 N–H and O–H groups in total. The number of carbonyl (C=O) groups is 3. The molecule has 2 amide bonds. The molecule has 1 aromatic rings. The van der Waals surface area contributed by atoms with Crippen molar-refractivity contribution in [2.45, 2.75) is 38.6 Å². The normalized spacial score (nSPS) is 22.5. The molecule has 0 radical (unpaired) electrons. The third-order valence-electron chi connectivity index (χ3n) is 6.17. The maximum Gasteiger partial charge on any atom is 0.326 e. The summed E-state index contributed by atoms with van der Waals surface area (Å²) < 4.78 is 10.7. The number of amides is 2. The molecule has 1 aromatic carbocycles. The predicted molar refractivity (Wildman–Crippen MR) is 97.9 cm³/mol. The van der Waals surface area contributed by atoms with Gasteiger partial charge in [0.25, 0.3) is 0 Å². The highest BCUT2D eigenvalue weighted by Gasteiger charge is 2.49. The van der Waals surface area contributed by atoms with E-state index in [2.05, 4.69) is 0 Å². The van der Waals surface area contributed by atoms with E-state index in [1.165, 1.54) is 11.8 Å². The number of benzene rings is 1. The van der Waals surface area contributed by atoms with Gasteiger partial charge in [0.15, 0.2) is 11.5 Å². The molecule has 0 aromatic heterocycles. The fourth-order valence-corrected chi connectivity index (χ4v) is 4.54. The molecule has 0 bridgehead atoms. The van der Waals surface area contributed by atoms with Gasteiger partial charge in [0, 0.05) is 26.6 Å². The average Bonchev–Trinajstić information content (AvgIpc) is 3.27. The average molecular weight is 388 g/mol. The molecule has 0 aliphatic carbocycles. The molecule has 3 aliphatic rings. The minimum Gasteiger partial charge on any atom is -0.480 e. The summed E-state index contributed by atoms with van der Waals surface area (Å²) in [6.45, 7) is 3.25. The lowest BCUT2D eigenvalue weighted by atomic mass is 9.76. The Morgan fingerprint density at radius 2 is 1.89 bits per heavy atom. The Kier molecular flexibility index (Phi) is 4.64. The van der Waals surface area contributed by atoms with Gasteiger partial charge in [0.1, 0.15) is 6.04 Å². The van der Waals surface area contributed by atoms with E-state index in [9.17, 15) is 19.5 Å². The summed E-state index contributed by atoms with van der Waals surface area (Å²) in [4.78, 5) is 39.4. The maximum atomic E-state index is 12.7. The van der Waals surface area contributed by atoms with Gasteiger partial charge in [-0.15, -0.1) is 0 Å². The Hall–Kier alpha value is -2.77. The van der Waals surface area contributed by atoms with Crippen LogP contribution < -0.4 is 9.47 Å². The minimum atomic E-state index is -0.951. The fourth-order valence-electron chi connectivity index (χ4n) is 4.54. The van der Waals surface area contributed by atoms with E-state index in [0.717, 1.165) is 5.56 Å². The van der Waals surface area contributed by atoms with Crippen LogP contribution in [0.3, 0.4) is 0 Å². The first-order valence-corrected chi connectivity index (χ1v) is 9.53. The second-order valence-electron chi connectivity index (χ2n) is 7.95. The van der Waals surface area contributed by atoms with E-state index < -0.39 is 12.0 Å². The summed E-state index contributed by atoms with van der Waals surface area (Å²) in [5, 5.41) is 9.44. The summed E-state index contributed by atoms with van der Waals surface area (Å²) in [6, 6.07) is 4.77. The highest BCUT2D eigenvalue weighted by molar-refractivity contribution is 5.83.